The minimum Gasteiger partial charge on any atom is -0.444 e. The topological polar surface area (TPSA) is 106 Å². The summed E-state index contributed by atoms with van der Waals surface area (Å²) in [6.07, 6.45) is 6.16. The average molecular weight is 515 g/mol. The minimum atomic E-state index is -0.640. The average Bonchev–Trinajstić information content (AvgIpc) is 3.46. The van der Waals surface area contributed by atoms with Crippen LogP contribution in [0.25, 0.3) is 0 Å². The molecule has 0 unspecified atom stereocenters. The molecular formula is C26H42BN5O5. The molecule has 11 heteroatoms. The monoisotopic (exact) mass is 515 g/mol. The fourth-order valence-corrected chi connectivity index (χ4v) is 4.64. The summed E-state index contributed by atoms with van der Waals surface area (Å²) in [5.74, 6) is 0.923. The third kappa shape index (κ3) is 6.55. The van der Waals surface area contributed by atoms with Crippen LogP contribution in [0, 0.1) is 5.92 Å². The van der Waals surface area contributed by atoms with Gasteiger partial charge in [-0.25, -0.2) is 14.8 Å². The van der Waals surface area contributed by atoms with Crippen molar-refractivity contribution < 1.29 is 23.6 Å². The summed E-state index contributed by atoms with van der Waals surface area (Å²) in [5, 5.41) is 2.66. The smallest absolute Gasteiger partial charge is 0.444 e. The molecule has 3 heterocycles. The summed E-state index contributed by atoms with van der Waals surface area (Å²) in [7, 11) is -0.487. The maximum atomic E-state index is 12.9. The highest BCUT2D eigenvalue weighted by Crippen LogP contribution is 2.36. The molecule has 1 saturated carbocycles. The van der Waals surface area contributed by atoms with Crippen LogP contribution in [-0.2, 0) is 18.8 Å². The van der Waals surface area contributed by atoms with E-state index in [1.807, 2.05) is 32.6 Å². The Hall–Kier alpha value is -2.40. The van der Waals surface area contributed by atoms with Gasteiger partial charge in [-0.15, -0.1) is 0 Å². The lowest BCUT2D eigenvalue weighted by atomic mass is 9.81. The van der Waals surface area contributed by atoms with Crippen molar-refractivity contribution in [3.63, 3.8) is 0 Å². The van der Waals surface area contributed by atoms with E-state index in [-0.39, 0.29) is 5.91 Å². The van der Waals surface area contributed by atoms with E-state index in [2.05, 4.69) is 20.2 Å². The molecule has 1 N–H and O–H groups in total. The van der Waals surface area contributed by atoms with Crippen LogP contribution in [0.4, 0.5) is 10.7 Å². The third-order valence-electron chi connectivity index (χ3n) is 7.58. The predicted molar refractivity (Wildman–Crippen MR) is 142 cm³/mol. The molecule has 0 bridgehead atoms. The molecule has 0 aromatic carbocycles. The molecule has 1 aromatic heterocycles. The first-order valence-corrected chi connectivity index (χ1v) is 13.4. The zero-order valence-electron chi connectivity index (χ0n) is 23.5. The fraction of sp³-hybridized carbons (Fsp3) is 0.769. The Kier molecular flexibility index (Phi) is 7.51. The van der Waals surface area contributed by atoms with Crippen molar-refractivity contribution in [2.45, 2.75) is 104 Å². The van der Waals surface area contributed by atoms with Gasteiger partial charge < -0.3 is 29.2 Å². The first-order valence-electron chi connectivity index (χ1n) is 13.4. The van der Waals surface area contributed by atoms with Crippen molar-refractivity contribution in [1.29, 1.82) is 0 Å². The molecule has 37 heavy (non-hydrogen) atoms. The first kappa shape index (κ1) is 27.6. The number of hydrogen-bond donors (Lipinski definition) is 1. The molecule has 4 rings (SSSR count). The van der Waals surface area contributed by atoms with E-state index in [0.717, 1.165) is 31.3 Å². The largest absolute Gasteiger partial charge is 0.498 e. The second-order valence-electron chi connectivity index (χ2n) is 12.6. The Morgan fingerprint density at radius 2 is 1.76 bits per heavy atom. The van der Waals surface area contributed by atoms with E-state index in [1.165, 1.54) is 0 Å². The zero-order chi connectivity index (χ0) is 27.2. The normalized spacial score (nSPS) is 23.6. The Morgan fingerprint density at radius 3 is 2.30 bits per heavy atom. The molecular weight excluding hydrogens is 473 g/mol. The van der Waals surface area contributed by atoms with E-state index in [9.17, 15) is 9.59 Å². The van der Waals surface area contributed by atoms with E-state index in [0.29, 0.717) is 31.0 Å². The van der Waals surface area contributed by atoms with Crippen molar-refractivity contribution in [2.75, 3.05) is 24.5 Å². The lowest BCUT2D eigenvalue weighted by molar-refractivity contribution is -0.132. The summed E-state index contributed by atoms with van der Waals surface area (Å²) in [6.45, 7) is 17.3. The third-order valence-corrected chi connectivity index (χ3v) is 7.58. The van der Waals surface area contributed by atoms with Gasteiger partial charge in [0.25, 0.3) is 0 Å². The number of anilines is 1. The van der Waals surface area contributed by atoms with Gasteiger partial charge in [0.05, 0.1) is 11.2 Å². The highest BCUT2D eigenvalue weighted by Gasteiger charge is 2.52. The van der Waals surface area contributed by atoms with Gasteiger partial charge in [-0.1, -0.05) is 0 Å². The van der Waals surface area contributed by atoms with E-state index in [1.54, 1.807) is 40.1 Å². The van der Waals surface area contributed by atoms with Gasteiger partial charge in [-0.2, -0.15) is 0 Å². The highest BCUT2D eigenvalue weighted by molar-refractivity contribution is 6.61. The number of amides is 2. The van der Waals surface area contributed by atoms with Crippen molar-refractivity contribution in [3.05, 3.63) is 12.4 Å². The van der Waals surface area contributed by atoms with E-state index >= 15 is 0 Å². The number of rotatable bonds is 7. The van der Waals surface area contributed by atoms with Crippen LogP contribution in [0.15, 0.2) is 12.4 Å². The van der Waals surface area contributed by atoms with Crippen LogP contribution in [0.5, 0.6) is 0 Å². The van der Waals surface area contributed by atoms with Gasteiger partial charge >= 0.3 is 13.2 Å². The number of ether oxygens (including phenoxy) is 1. The lowest BCUT2D eigenvalue weighted by Gasteiger charge is -2.32. The Labute approximate surface area is 221 Å². The molecule has 0 radical (unpaired) electrons. The summed E-state index contributed by atoms with van der Waals surface area (Å²) in [4.78, 5) is 38.5. The number of carbonyl (C=O) groups excluding carboxylic acids is 2. The van der Waals surface area contributed by atoms with Gasteiger partial charge in [-0.05, 0) is 80.6 Å². The maximum absolute atomic E-state index is 12.9. The van der Waals surface area contributed by atoms with Crippen LogP contribution in [0.2, 0.25) is 0 Å². The van der Waals surface area contributed by atoms with Gasteiger partial charge in [0.2, 0.25) is 11.9 Å². The second-order valence-corrected chi connectivity index (χ2v) is 12.6. The van der Waals surface area contributed by atoms with Crippen LogP contribution in [0.1, 0.15) is 74.7 Å². The maximum Gasteiger partial charge on any atom is 0.498 e. The summed E-state index contributed by atoms with van der Waals surface area (Å²) < 4.78 is 17.5. The van der Waals surface area contributed by atoms with Crippen LogP contribution < -0.4 is 15.7 Å². The minimum absolute atomic E-state index is 0.0886. The van der Waals surface area contributed by atoms with Crippen LogP contribution in [0.3, 0.4) is 0 Å². The fourth-order valence-electron chi connectivity index (χ4n) is 4.64. The van der Waals surface area contributed by atoms with Gasteiger partial charge in [0.1, 0.15) is 11.6 Å². The standard InChI is InChI=1S/C26H42BN5O5/c1-17(30-23(34)35-24(2,3)4)21(33)31-12-11-18(15-31)16-32(20-9-10-20)22-28-13-19(14-29-22)27-36-25(5,6)26(7,8)37-27/h13-14,17-18,20H,9-12,15-16H2,1-8H3,(H,30,34)/t17-,18+/m0/s1. The second kappa shape index (κ2) is 10.1. The van der Waals surface area contributed by atoms with E-state index < -0.39 is 36.1 Å². The van der Waals surface area contributed by atoms with E-state index in [4.69, 9.17) is 14.0 Å². The molecule has 10 nitrogen and oxygen atoms in total. The number of hydrogen-bond acceptors (Lipinski definition) is 8. The predicted octanol–water partition coefficient (Wildman–Crippen LogP) is 2.51. The van der Waals surface area contributed by atoms with Gasteiger partial charge in [-0.3, -0.25) is 4.79 Å². The van der Waals surface area contributed by atoms with Crippen molar-refractivity contribution in [1.82, 2.24) is 20.2 Å². The Morgan fingerprint density at radius 1 is 1.16 bits per heavy atom. The first-order chi connectivity index (χ1) is 17.1. The Balaban J connectivity index is 1.33. The Bertz CT molecular complexity index is 976. The molecule has 3 fully saturated rings. The van der Waals surface area contributed by atoms with Gasteiger partial charge in [0, 0.05) is 43.5 Å². The van der Waals surface area contributed by atoms with Crippen molar-refractivity contribution in [3.8, 4) is 0 Å². The molecule has 2 aliphatic heterocycles. The quantitative estimate of drug-likeness (QED) is 0.553. The number of alkyl carbamates (subject to hydrolysis) is 1. The molecule has 1 aromatic rings. The molecule has 2 saturated heterocycles. The van der Waals surface area contributed by atoms with Crippen molar-refractivity contribution in [2.24, 2.45) is 5.92 Å². The number of nitrogens with one attached hydrogen (secondary N) is 1. The number of likely N-dealkylation sites (tertiary alicyclic amines) is 1. The number of carbonyl (C=O) groups is 2. The van der Waals surface area contributed by atoms with Gasteiger partial charge in [0.15, 0.2) is 0 Å². The van der Waals surface area contributed by atoms with Crippen LogP contribution >= 0.6 is 0 Å². The summed E-state index contributed by atoms with van der Waals surface area (Å²) >= 11 is 0. The molecule has 3 aliphatic rings. The highest BCUT2D eigenvalue weighted by atomic mass is 16.7. The molecule has 204 valence electrons. The number of nitrogens with zero attached hydrogens (tertiary/aromatic N) is 4. The van der Waals surface area contributed by atoms with Crippen LogP contribution in [-0.4, -0.2) is 82.5 Å². The van der Waals surface area contributed by atoms with Crippen molar-refractivity contribution >= 4 is 30.5 Å². The number of aromatic nitrogens is 2. The summed E-state index contributed by atoms with van der Waals surface area (Å²) in [6, 6.07) is -0.209. The lowest BCUT2D eigenvalue weighted by Crippen LogP contribution is -2.47. The molecule has 2 amide bonds. The zero-order valence-corrected chi connectivity index (χ0v) is 23.5. The molecule has 0 spiro atoms. The summed E-state index contributed by atoms with van der Waals surface area (Å²) in [5.41, 5.74) is -0.630. The molecule has 2 atom stereocenters. The SMILES string of the molecule is C[C@H](NC(=O)OC(C)(C)C)C(=O)N1CC[C@@H](CN(c2ncc(B3OC(C)(C)C(C)(C)O3)cn2)C2CC2)C1. The molecule has 1 aliphatic carbocycles.